The number of phenols is 1. The van der Waals surface area contributed by atoms with Crippen molar-refractivity contribution in [3.05, 3.63) is 42.2 Å². The number of phenolic OH excluding ortho intramolecular Hbond substituents is 1. The first-order valence-corrected chi connectivity index (χ1v) is 3.35. The fraction of sp³-hybridized carbons (Fsp3) is 0. The molecule has 0 radical (unpaired) electrons. The normalized spacial score (nSPS) is 10.4. The number of carbonyl (C=O) groups is 1. The summed E-state index contributed by atoms with van der Waals surface area (Å²) in [6, 6.07) is 5.99. The number of hydrogen-bond acceptors (Lipinski definition) is 2. The molecule has 1 aromatic carbocycles. The van der Waals surface area contributed by atoms with Crippen LogP contribution in [-0.2, 0) is 0 Å². The second-order valence-electron chi connectivity index (χ2n) is 2.17. The summed E-state index contributed by atoms with van der Waals surface area (Å²) in [5, 5.41) is 9.13. The Morgan fingerprint density at radius 2 is 2.08 bits per heavy atom. The predicted molar refractivity (Wildman–Crippen MR) is 42.7 cm³/mol. The Morgan fingerprint density at radius 3 is 2.67 bits per heavy atom. The van der Waals surface area contributed by atoms with Crippen molar-refractivity contribution in [3.63, 3.8) is 0 Å². The molecule has 0 aromatic heterocycles. The van der Waals surface area contributed by atoms with Gasteiger partial charge in [-0.15, -0.1) is 0 Å². The molecule has 0 aliphatic heterocycles. The van der Waals surface area contributed by atoms with Crippen LogP contribution in [0.4, 0.5) is 4.39 Å². The first kappa shape index (κ1) is 8.46. The van der Waals surface area contributed by atoms with Gasteiger partial charge in [0.1, 0.15) is 5.75 Å². The first-order chi connectivity index (χ1) is 5.75. The third-order valence-electron chi connectivity index (χ3n) is 1.38. The van der Waals surface area contributed by atoms with Gasteiger partial charge in [0.2, 0.25) is 0 Å². The van der Waals surface area contributed by atoms with Gasteiger partial charge in [0, 0.05) is 6.08 Å². The van der Waals surface area contributed by atoms with Gasteiger partial charge in [-0.2, -0.15) is 0 Å². The molecule has 62 valence electrons. The number of hydrogen-bond donors (Lipinski definition) is 1. The summed E-state index contributed by atoms with van der Waals surface area (Å²) in [5.41, 5.74) is 0.103. The monoisotopic (exact) mass is 166 g/mol. The van der Waals surface area contributed by atoms with E-state index in [-0.39, 0.29) is 17.6 Å². The van der Waals surface area contributed by atoms with E-state index < -0.39 is 5.78 Å². The summed E-state index contributed by atoms with van der Waals surface area (Å²) in [6.07, 6.45) is 0.907. The van der Waals surface area contributed by atoms with Crippen LogP contribution in [0.25, 0.3) is 0 Å². The third-order valence-corrected chi connectivity index (χ3v) is 1.38. The standard InChI is InChI=1S/C9H7FO2/c10-6-5-9(12)7-3-1-2-4-8(7)11/h1-6,11H. The van der Waals surface area contributed by atoms with E-state index in [1.807, 2.05) is 0 Å². The van der Waals surface area contributed by atoms with Gasteiger partial charge in [-0.25, -0.2) is 4.39 Å². The Hall–Kier alpha value is -1.64. The van der Waals surface area contributed by atoms with E-state index in [4.69, 9.17) is 5.11 Å². The Kier molecular flexibility index (Phi) is 2.58. The Bertz CT molecular complexity index is 318. The Balaban J connectivity index is 3.03. The summed E-state index contributed by atoms with van der Waals surface area (Å²) >= 11 is 0. The molecule has 0 heterocycles. The Labute approximate surface area is 69.0 Å². The molecule has 2 nitrogen and oxygen atoms in total. The van der Waals surface area contributed by atoms with Crippen LogP contribution in [0.3, 0.4) is 0 Å². The molecule has 0 aliphatic carbocycles. The quantitative estimate of drug-likeness (QED) is 0.539. The average Bonchev–Trinajstić information content (AvgIpc) is 2.05. The van der Waals surface area contributed by atoms with E-state index in [1.54, 1.807) is 12.1 Å². The molecular formula is C9H7FO2. The minimum atomic E-state index is -0.546. The number of carbonyl (C=O) groups excluding carboxylic acids is 1. The lowest BCUT2D eigenvalue weighted by Crippen LogP contribution is -1.93. The molecule has 0 amide bonds. The van der Waals surface area contributed by atoms with Crippen molar-refractivity contribution in [2.24, 2.45) is 0 Å². The van der Waals surface area contributed by atoms with Crippen molar-refractivity contribution in [1.82, 2.24) is 0 Å². The van der Waals surface area contributed by atoms with Gasteiger partial charge in [0.05, 0.1) is 11.9 Å². The number of halogens is 1. The van der Waals surface area contributed by atoms with Gasteiger partial charge in [-0.05, 0) is 12.1 Å². The zero-order valence-electron chi connectivity index (χ0n) is 6.20. The maximum Gasteiger partial charge on any atom is 0.191 e. The van der Waals surface area contributed by atoms with Gasteiger partial charge in [0.25, 0.3) is 0 Å². The minimum absolute atomic E-state index is 0.103. The third kappa shape index (κ3) is 1.69. The summed E-state index contributed by atoms with van der Waals surface area (Å²) in [6.45, 7) is 0. The molecule has 0 aliphatic rings. The molecule has 0 saturated heterocycles. The topological polar surface area (TPSA) is 37.3 Å². The van der Waals surface area contributed by atoms with Crippen molar-refractivity contribution >= 4 is 5.78 Å². The number of benzene rings is 1. The van der Waals surface area contributed by atoms with Crippen molar-refractivity contribution in [2.45, 2.75) is 0 Å². The molecule has 0 atom stereocenters. The van der Waals surface area contributed by atoms with Crippen LogP contribution >= 0.6 is 0 Å². The van der Waals surface area contributed by atoms with Crippen LogP contribution in [0.15, 0.2) is 36.7 Å². The van der Waals surface area contributed by atoms with Crippen molar-refractivity contribution in [3.8, 4) is 5.75 Å². The smallest absolute Gasteiger partial charge is 0.191 e. The van der Waals surface area contributed by atoms with Crippen LogP contribution in [-0.4, -0.2) is 10.9 Å². The fourth-order valence-electron chi connectivity index (χ4n) is 0.829. The van der Waals surface area contributed by atoms with E-state index in [0.29, 0.717) is 0 Å². The lowest BCUT2D eigenvalue weighted by Gasteiger charge is -1.97. The fourth-order valence-corrected chi connectivity index (χ4v) is 0.829. The number of aromatic hydroxyl groups is 1. The van der Waals surface area contributed by atoms with E-state index in [2.05, 4.69) is 0 Å². The summed E-state index contributed by atoms with van der Waals surface area (Å²) in [7, 11) is 0. The van der Waals surface area contributed by atoms with Gasteiger partial charge in [-0.1, -0.05) is 12.1 Å². The molecular weight excluding hydrogens is 159 g/mol. The Morgan fingerprint density at radius 1 is 1.42 bits per heavy atom. The largest absolute Gasteiger partial charge is 0.507 e. The predicted octanol–water partition coefficient (Wildman–Crippen LogP) is 2.06. The highest BCUT2D eigenvalue weighted by molar-refractivity contribution is 6.06. The molecule has 0 spiro atoms. The van der Waals surface area contributed by atoms with Crippen molar-refractivity contribution in [1.29, 1.82) is 0 Å². The summed E-state index contributed by atoms with van der Waals surface area (Å²) in [5.74, 6) is -0.684. The second kappa shape index (κ2) is 3.67. The maximum atomic E-state index is 11.6. The van der Waals surface area contributed by atoms with Crippen LogP contribution in [0, 0.1) is 0 Å². The lowest BCUT2D eigenvalue weighted by atomic mass is 10.1. The molecule has 3 heteroatoms. The summed E-state index contributed by atoms with van der Waals surface area (Å²) in [4.78, 5) is 11.0. The molecule has 1 rings (SSSR count). The number of rotatable bonds is 2. The van der Waals surface area contributed by atoms with Crippen LogP contribution < -0.4 is 0 Å². The van der Waals surface area contributed by atoms with Crippen LogP contribution in [0.1, 0.15) is 10.4 Å². The average molecular weight is 166 g/mol. The van der Waals surface area contributed by atoms with E-state index in [1.165, 1.54) is 12.1 Å². The van der Waals surface area contributed by atoms with E-state index >= 15 is 0 Å². The molecule has 0 unspecified atom stereocenters. The van der Waals surface area contributed by atoms with Crippen molar-refractivity contribution in [2.75, 3.05) is 0 Å². The van der Waals surface area contributed by atoms with E-state index in [0.717, 1.165) is 6.08 Å². The molecule has 0 fully saturated rings. The van der Waals surface area contributed by atoms with Gasteiger partial charge in [0.15, 0.2) is 5.78 Å². The summed E-state index contributed by atoms with van der Waals surface area (Å²) < 4.78 is 11.6. The van der Waals surface area contributed by atoms with Gasteiger partial charge in [-0.3, -0.25) is 4.79 Å². The number of ketones is 1. The number of allylic oxidation sites excluding steroid dienone is 1. The minimum Gasteiger partial charge on any atom is -0.507 e. The molecule has 1 aromatic rings. The van der Waals surface area contributed by atoms with Gasteiger partial charge < -0.3 is 5.11 Å². The van der Waals surface area contributed by atoms with Crippen molar-refractivity contribution < 1.29 is 14.3 Å². The van der Waals surface area contributed by atoms with Crippen LogP contribution in [0.5, 0.6) is 5.75 Å². The first-order valence-electron chi connectivity index (χ1n) is 3.35. The molecule has 12 heavy (non-hydrogen) atoms. The van der Waals surface area contributed by atoms with Crippen LogP contribution in [0.2, 0.25) is 0 Å². The lowest BCUT2D eigenvalue weighted by molar-refractivity contribution is 0.104. The van der Waals surface area contributed by atoms with Gasteiger partial charge >= 0.3 is 0 Å². The maximum absolute atomic E-state index is 11.6. The molecule has 0 bridgehead atoms. The SMILES string of the molecule is O=C(C=CF)c1ccccc1O. The highest BCUT2D eigenvalue weighted by atomic mass is 19.1. The highest BCUT2D eigenvalue weighted by Crippen LogP contribution is 2.16. The van der Waals surface area contributed by atoms with E-state index in [9.17, 15) is 9.18 Å². The highest BCUT2D eigenvalue weighted by Gasteiger charge is 2.05. The molecule has 0 saturated carbocycles. The zero-order chi connectivity index (χ0) is 8.97. The second-order valence-corrected chi connectivity index (χ2v) is 2.17. The zero-order valence-corrected chi connectivity index (χ0v) is 6.20. The number of para-hydroxylation sites is 1. The molecule has 1 N–H and O–H groups in total.